The molecule has 1 amide bonds. The van der Waals surface area contributed by atoms with Crippen molar-refractivity contribution in [2.45, 2.75) is 39.2 Å². The molecule has 0 bridgehead atoms. The number of hydrogen-bond donors (Lipinski definition) is 1. The third kappa shape index (κ3) is 4.35. The number of aromatic nitrogens is 4. The average Bonchev–Trinajstić information content (AvgIpc) is 3.04. The first-order valence-electron chi connectivity index (χ1n) is 8.36. The normalized spacial score (nSPS) is 16.2. The van der Waals surface area contributed by atoms with E-state index < -0.39 is 0 Å². The minimum Gasteiger partial charge on any atom is -0.338 e. The van der Waals surface area contributed by atoms with E-state index in [-0.39, 0.29) is 11.8 Å². The zero-order valence-corrected chi connectivity index (χ0v) is 13.8. The molecule has 3 heterocycles. The van der Waals surface area contributed by atoms with Crippen LogP contribution in [0.2, 0.25) is 0 Å². The maximum absolute atomic E-state index is 12.3. The summed E-state index contributed by atoms with van der Waals surface area (Å²) in [6.07, 6.45) is 6.67. The minimum atomic E-state index is -0.0107. The van der Waals surface area contributed by atoms with Gasteiger partial charge in [0, 0.05) is 24.7 Å². The lowest BCUT2D eigenvalue weighted by molar-refractivity contribution is -0.121. The van der Waals surface area contributed by atoms with Gasteiger partial charge in [-0.3, -0.25) is 15.0 Å². The summed E-state index contributed by atoms with van der Waals surface area (Å²) < 4.78 is 5.27. The van der Waals surface area contributed by atoms with Gasteiger partial charge < -0.3 is 4.52 Å². The number of carbonyl (C=O) groups excluding carboxylic acids is 1. The van der Waals surface area contributed by atoms with Crippen LogP contribution in [0, 0.1) is 5.92 Å². The molecule has 1 aliphatic heterocycles. The van der Waals surface area contributed by atoms with Crippen molar-refractivity contribution in [2.24, 2.45) is 5.92 Å². The molecule has 8 nitrogen and oxygen atoms in total. The van der Waals surface area contributed by atoms with Crippen molar-refractivity contribution in [2.75, 3.05) is 18.4 Å². The second-order valence-electron chi connectivity index (χ2n) is 5.97. The number of amides is 1. The van der Waals surface area contributed by atoms with E-state index in [2.05, 4.69) is 37.2 Å². The van der Waals surface area contributed by atoms with Gasteiger partial charge in [0.15, 0.2) is 5.82 Å². The highest BCUT2D eigenvalue weighted by molar-refractivity contribution is 5.90. The van der Waals surface area contributed by atoms with E-state index in [4.69, 9.17) is 4.52 Å². The Bertz CT molecular complexity index is 652. The van der Waals surface area contributed by atoms with Crippen LogP contribution in [-0.4, -0.2) is 44.0 Å². The third-order valence-corrected chi connectivity index (χ3v) is 4.10. The van der Waals surface area contributed by atoms with E-state index in [9.17, 15) is 4.79 Å². The molecule has 1 aliphatic rings. The van der Waals surface area contributed by atoms with Gasteiger partial charge in [0.05, 0.1) is 6.54 Å². The predicted molar refractivity (Wildman–Crippen MR) is 87.0 cm³/mol. The standard InChI is InChI=1S/C16H22N6O2/c1-2-4-13-19-14(24-21-13)11-22-9-5-12(6-10-22)15(23)20-16-17-7-3-8-18-16/h3,7-8,12H,2,4-6,9-11H2,1H3,(H,17,18,20,23). The van der Waals surface area contributed by atoms with Gasteiger partial charge in [-0.1, -0.05) is 12.1 Å². The molecular formula is C16H22N6O2. The Kier molecular flexibility index (Phi) is 5.47. The molecule has 0 aromatic carbocycles. The molecule has 128 valence electrons. The number of aryl methyl sites for hydroxylation is 1. The Morgan fingerprint density at radius 2 is 2.08 bits per heavy atom. The summed E-state index contributed by atoms with van der Waals surface area (Å²) in [5, 5.41) is 6.74. The van der Waals surface area contributed by atoms with Crippen molar-refractivity contribution < 1.29 is 9.32 Å². The van der Waals surface area contributed by atoms with Gasteiger partial charge in [-0.25, -0.2) is 9.97 Å². The Hall–Kier alpha value is -2.35. The van der Waals surface area contributed by atoms with Gasteiger partial charge in [-0.05, 0) is 38.4 Å². The molecule has 0 saturated carbocycles. The summed E-state index contributed by atoms with van der Waals surface area (Å²) in [6, 6.07) is 1.72. The lowest BCUT2D eigenvalue weighted by Gasteiger charge is -2.29. The number of nitrogens with zero attached hydrogens (tertiary/aromatic N) is 5. The fraction of sp³-hybridized carbons (Fsp3) is 0.562. The van der Waals surface area contributed by atoms with Crippen molar-refractivity contribution in [3.8, 4) is 0 Å². The van der Waals surface area contributed by atoms with Crippen molar-refractivity contribution in [1.29, 1.82) is 0 Å². The first-order valence-corrected chi connectivity index (χ1v) is 8.36. The van der Waals surface area contributed by atoms with Gasteiger partial charge in [0.25, 0.3) is 0 Å². The van der Waals surface area contributed by atoms with Gasteiger partial charge in [-0.2, -0.15) is 4.98 Å². The number of rotatable bonds is 6. The van der Waals surface area contributed by atoms with Crippen LogP contribution in [0.15, 0.2) is 23.0 Å². The highest BCUT2D eigenvalue weighted by atomic mass is 16.5. The quantitative estimate of drug-likeness (QED) is 0.860. The number of nitrogens with one attached hydrogen (secondary N) is 1. The fourth-order valence-corrected chi connectivity index (χ4v) is 2.80. The van der Waals surface area contributed by atoms with Crippen LogP contribution in [0.4, 0.5) is 5.95 Å². The fourth-order valence-electron chi connectivity index (χ4n) is 2.80. The Morgan fingerprint density at radius 3 is 2.79 bits per heavy atom. The number of carbonyl (C=O) groups is 1. The van der Waals surface area contributed by atoms with Crippen LogP contribution < -0.4 is 5.32 Å². The summed E-state index contributed by atoms with van der Waals surface area (Å²) in [7, 11) is 0. The molecule has 1 saturated heterocycles. The summed E-state index contributed by atoms with van der Waals surface area (Å²) in [6.45, 7) is 4.40. The Balaban J connectivity index is 1.45. The first-order chi connectivity index (χ1) is 11.7. The van der Waals surface area contributed by atoms with Crippen LogP contribution in [0.3, 0.4) is 0 Å². The van der Waals surface area contributed by atoms with Crippen LogP contribution in [0.25, 0.3) is 0 Å². The predicted octanol–water partition coefficient (Wildman–Crippen LogP) is 1.66. The molecule has 2 aromatic rings. The number of piperidine rings is 1. The minimum absolute atomic E-state index is 0.0103. The highest BCUT2D eigenvalue weighted by Gasteiger charge is 2.26. The first kappa shape index (κ1) is 16.5. The van der Waals surface area contributed by atoms with E-state index in [0.717, 1.165) is 44.6 Å². The molecule has 0 radical (unpaired) electrons. The van der Waals surface area contributed by atoms with Crippen molar-refractivity contribution in [1.82, 2.24) is 25.0 Å². The van der Waals surface area contributed by atoms with E-state index in [1.54, 1.807) is 18.5 Å². The molecule has 0 aliphatic carbocycles. The summed E-state index contributed by atoms with van der Waals surface area (Å²) in [5.41, 5.74) is 0. The van der Waals surface area contributed by atoms with Gasteiger partial charge in [-0.15, -0.1) is 0 Å². The Morgan fingerprint density at radius 1 is 1.33 bits per heavy atom. The maximum atomic E-state index is 12.3. The van der Waals surface area contributed by atoms with Gasteiger partial charge in [0.1, 0.15) is 0 Å². The zero-order valence-electron chi connectivity index (χ0n) is 13.8. The monoisotopic (exact) mass is 330 g/mol. The molecule has 8 heteroatoms. The zero-order chi connectivity index (χ0) is 16.8. The Labute approximate surface area is 140 Å². The second kappa shape index (κ2) is 7.96. The van der Waals surface area contributed by atoms with Crippen molar-refractivity contribution >= 4 is 11.9 Å². The summed E-state index contributed by atoms with van der Waals surface area (Å²) >= 11 is 0. The van der Waals surface area contributed by atoms with Crippen LogP contribution >= 0.6 is 0 Å². The molecule has 0 atom stereocenters. The number of hydrogen-bond acceptors (Lipinski definition) is 7. The highest BCUT2D eigenvalue weighted by Crippen LogP contribution is 2.20. The maximum Gasteiger partial charge on any atom is 0.240 e. The van der Waals surface area contributed by atoms with Crippen LogP contribution in [0.1, 0.15) is 37.9 Å². The topological polar surface area (TPSA) is 97.0 Å². The lowest BCUT2D eigenvalue weighted by atomic mass is 9.96. The average molecular weight is 330 g/mol. The SMILES string of the molecule is CCCc1noc(CN2CCC(C(=O)Nc3ncccn3)CC2)n1. The molecule has 1 N–H and O–H groups in total. The largest absolute Gasteiger partial charge is 0.338 e. The van der Waals surface area contributed by atoms with Gasteiger partial charge >= 0.3 is 0 Å². The lowest BCUT2D eigenvalue weighted by Crippen LogP contribution is -2.38. The van der Waals surface area contributed by atoms with E-state index in [0.29, 0.717) is 18.4 Å². The number of likely N-dealkylation sites (tertiary alicyclic amines) is 1. The number of anilines is 1. The van der Waals surface area contributed by atoms with Gasteiger partial charge in [0.2, 0.25) is 17.7 Å². The van der Waals surface area contributed by atoms with Crippen LogP contribution in [-0.2, 0) is 17.8 Å². The molecule has 3 rings (SSSR count). The van der Waals surface area contributed by atoms with Crippen molar-refractivity contribution in [3.05, 3.63) is 30.2 Å². The second-order valence-corrected chi connectivity index (χ2v) is 5.97. The molecular weight excluding hydrogens is 308 g/mol. The van der Waals surface area contributed by atoms with E-state index >= 15 is 0 Å². The molecule has 2 aromatic heterocycles. The van der Waals surface area contributed by atoms with Crippen LogP contribution in [0.5, 0.6) is 0 Å². The van der Waals surface area contributed by atoms with E-state index in [1.165, 1.54) is 0 Å². The van der Waals surface area contributed by atoms with Crippen molar-refractivity contribution in [3.63, 3.8) is 0 Å². The molecule has 24 heavy (non-hydrogen) atoms. The molecule has 1 fully saturated rings. The molecule has 0 unspecified atom stereocenters. The summed E-state index contributed by atoms with van der Waals surface area (Å²) in [4.78, 5) is 26.9. The molecule has 0 spiro atoms. The smallest absolute Gasteiger partial charge is 0.240 e. The summed E-state index contributed by atoms with van der Waals surface area (Å²) in [5.74, 6) is 1.76. The van der Waals surface area contributed by atoms with E-state index in [1.807, 2.05) is 0 Å². The third-order valence-electron chi connectivity index (χ3n) is 4.10.